The Kier molecular flexibility index (Phi) is 8.35. The number of halogens is 1. The van der Waals surface area contributed by atoms with Crippen LogP contribution in [0.1, 0.15) is 25.7 Å². The molecule has 6 nitrogen and oxygen atoms in total. The fraction of sp³-hybridized carbons (Fsp3) is 0.938. The van der Waals surface area contributed by atoms with Crippen LogP contribution in [0.5, 0.6) is 0 Å². The lowest BCUT2D eigenvalue weighted by molar-refractivity contribution is -0.0817. The average Bonchev–Trinajstić information content (AvgIpc) is 3.21. The number of aliphatic imine (C=N–C) groups is 1. The van der Waals surface area contributed by atoms with Crippen molar-refractivity contribution in [3.8, 4) is 0 Å². The molecule has 1 aliphatic carbocycles. The quantitative estimate of drug-likeness (QED) is 0.294. The van der Waals surface area contributed by atoms with E-state index >= 15 is 0 Å². The highest BCUT2D eigenvalue weighted by Gasteiger charge is 2.32. The Labute approximate surface area is 156 Å². The van der Waals surface area contributed by atoms with Gasteiger partial charge >= 0.3 is 0 Å². The normalized spacial score (nSPS) is 28.6. The van der Waals surface area contributed by atoms with E-state index in [4.69, 9.17) is 14.2 Å². The van der Waals surface area contributed by atoms with Gasteiger partial charge in [-0.1, -0.05) is 0 Å². The summed E-state index contributed by atoms with van der Waals surface area (Å²) in [4.78, 5) is 6.67. The second-order valence-electron chi connectivity index (χ2n) is 6.40. The van der Waals surface area contributed by atoms with Gasteiger partial charge in [-0.15, -0.1) is 24.0 Å². The van der Waals surface area contributed by atoms with Crippen LogP contribution in [0, 0.1) is 5.92 Å². The summed E-state index contributed by atoms with van der Waals surface area (Å²) in [5.74, 6) is 1.77. The lowest BCUT2D eigenvalue weighted by Gasteiger charge is -2.37. The molecule has 1 N–H and O–H groups in total. The minimum Gasteiger partial charge on any atom is -0.379 e. The number of hydrogen-bond acceptors (Lipinski definition) is 4. The third-order valence-electron chi connectivity index (χ3n) is 4.56. The van der Waals surface area contributed by atoms with E-state index < -0.39 is 0 Å². The SMILES string of the molecule is CN=C(NCCOCC1CC1)N1CCOC(C2CCCO2)C1.I. The topological polar surface area (TPSA) is 55.3 Å². The first-order chi connectivity index (χ1) is 10.9. The molecule has 2 heterocycles. The highest BCUT2D eigenvalue weighted by molar-refractivity contribution is 14.0. The molecule has 3 rings (SSSR count). The Morgan fingerprint density at radius 1 is 1.22 bits per heavy atom. The average molecular weight is 439 g/mol. The van der Waals surface area contributed by atoms with Gasteiger partial charge in [0, 0.05) is 39.9 Å². The molecule has 0 spiro atoms. The maximum Gasteiger partial charge on any atom is 0.193 e. The number of ether oxygens (including phenoxy) is 3. The molecule has 2 aliphatic heterocycles. The molecule has 1 saturated carbocycles. The zero-order valence-corrected chi connectivity index (χ0v) is 16.4. The van der Waals surface area contributed by atoms with Crippen molar-refractivity contribution in [1.29, 1.82) is 0 Å². The molecule has 0 bridgehead atoms. The van der Waals surface area contributed by atoms with Crippen LogP contribution in [0.2, 0.25) is 0 Å². The molecule has 7 heteroatoms. The molecule has 134 valence electrons. The molecule has 0 aromatic carbocycles. The van der Waals surface area contributed by atoms with Gasteiger partial charge in [-0.2, -0.15) is 0 Å². The largest absolute Gasteiger partial charge is 0.379 e. The molecule has 0 aromatic rings. The van der Waals surface area contributed by atoms with E-state index in [0.717, 1.165) is 70.8 Å². The Bertz CT molecular complexity index is 374. The van der Waals surface area contributed by atoms with Crippen LogP contribution >= 0.6 is 24.0 Å². The number of morpholine rings is 1. The van der Waals surface area contributed by atoms with Crippen molar-refractivity contribution >= 4 is 29.9 Å². The minimum absolute atomic E-state index is 0. The van der Waals surface area contributed by atoms with Gasteiger partial charge in [0.25, 0.3) is 0 Å². The van der Waals surface area contributed by atoms with Crippen molar-refractivity contribution in [3.05, 3.63) is 0 Å². The van der Waals surface area contributed by atoms with Crippen LogP contribution in [-0.2, 0) is 14.2 Å². The van der Waals surface area contributed by atoms with Crippen LogP contribution < -0.4 is 5.32 Å². The highest BCUT2D eigenvalue weighted by atomic mass is 127. The zero-order valence-electron chi connectivity index (χ0n) is 14.0. The lowest BCUT2D eigenvalue weighted by atomic mass is 10.1. The van der Waals surface area contributed by atoms with Gasteiger partial charge < -0.3 is 24.4 Å². The van der Waals surface area contributed by atoms with E-state index in [2.05, 4.69) is 15.2 Å². The van der Waals surface area contributed by atoms with E-state index in [1.165, 1.54) is 12.8 Å². The van der Waals surface area contributed by atoms with Gasteiger partial charge in [0.1, 0.15) is 6.10 Å². The number of nitrogens with one attached hydrogen (secondary N) is 1. The Morgan fingerprint density at radius 3 is 2.74 bits per heavy atom. The summed E-state index contributed by atoms with van der Waals surface area (Å²) in [6.07, 6.45) is 5.36. The summed E-state index contributed by atoms with van der Waals surface area (Å²) in [5.41, 5.74) is 0. The summed E-state index contributed by atoms with van der Waals surface area (Å²) < 4.78 is 17.3. The second kappa shape index (κ2) is 10.0. The molecule has 3 aliphatic rings. The first-order valence-electron chi connectivity index (χ1n) is 8.63. The van der Waals surface area contributed by atoms with Gasteiger partial charge in [0.05, 0.1) is 19.3 Å². The number of guanidine groups is 1. The minimum atomic E-state index is 0. The molecule has 2 unspecified atom stereocenters. The Balaban J connectivity index is 0.00000192. The zero-order chi connectivity index (χ0) is 15.2. The lowest BCUT2D eigenvalue weighted by Crippen LogP contribution is -2.53. The van der Waals surface area contributed by atoms with E-state index in [1.54, 1.807) is 0 Å². The van der Waals surface area contributed by atoms with Crippen LogP contribution in [0.25, 0.3) is 0 Å². The van der Waals surface area contributed by atoms with Gasteiger partial charge in [-0.05, 0) is 31.6 Å². The van der Waals surface area contributed by atoms with Gasteiger partial charge in [0.15, 0.2) is 5.96 Å². The van der Waals surface area contributed by atoms with E-state index in [-0.39, 0.29) is 36.2 Å². The maximum absolute atomic E-state index is 5.89. The van der Waals surface area contributed by atoms with Crippen molar-refractivity contribution in [2.24, 2.45) is 10.9 Å². The maximum atomic E-state index is 5.89. The molecule has 23 heavy (non-hydrogen) atoms. The monoisotopic (exact) mass is 439 g/mol. The summed E-state index contributed by atoms with van der Waals surface area (Å²) in [7, 11) is 1.84. The Morgan fingerprint density at radius 2 is 2.04 bits per heavy atom. The summed E-state index contributed by atoms with van der Waals surface area (Å²) >= 11 is 0. The van der Waals surface area contributed by atoms with Crippen molar-refractivity contribution in [2.45, 2.75) is 37.9 Å². The summed E-state index contributed by atoms with van der Waals surface area (Å²) in [6.45, 7) is 5.81. The standard InChI is InChI=1S/C16H29N3O3.HI/c1-17-16(18-6-9-20-12-13-4-5-13)19-7-10-22-15(11-19)14-3-2-8-21-14;/h13-15H,2-12H2,1H3,(H,17,18);1H. The first-order valence-corrected chi connectivity index (χ1v) is 8.63. The number of hydrogen-bond donors (Lipinski definition) is 1. The fourth-order valence-electron chi connectivity index (χ4n) is 3.09. The van der Waals surface area contributed by atoms with Crippen molar-refractivity contribution in [1.82, 2.24) is 10.2 Å². The van der Waals surface area contributed by atoms with E-state index in [9.17, 15) is 0 Å². The van der Waals surface area contributed by atoms with Crippen LogP contribution in [0.15, 0.2) is 4.99 Å². The summed E-state index contributed by atoms with van der Waals surface area (Å²) in [6, 6.07) is 0. The fourth-order valence-corrected chi connectivity index (χ4v) is 3.09. The molecule has 2 atom stereocenters. The van der Waals surface area contributed by atoms with Crippen molar-refractivity contribution in [2.75, 3.05) is 53.1 Å². The van der Waals surface area contributed by atoms with Crippen LogP contribution in [0.3, 0.4) is 0 Å². The first kappa shape index (κ1) is 19.2. The smallest absolute Gasteiger partial charge is 0.193 e. The second-order valence-corrected chi connectivity index (χ2v) is 6.40. The molecule has 0 amide bonds. The molecular formula is C16H30IN3O3. The molecule has 3 fully saturated rings. The van der Waals surface area contributed by atoms with Gasteiger partial charge in [0.2, 0.25) is 0 Å². The third kappa shape index (κ3) is 6.03. The van der Waals surface area contributed by atoms with Crippen molar-refractivity contribution < 1.29 is 14.2 Å². The van der Waals surface area contributed by atoms with Crippen LogP contribution in [0.4, 0.5) is 0 Å². The predicted octanol–water partition coefficient (Wildman–Crippen LogP) is 1.49. The predicted molar refractivity (Wildman–Crippen MR) is 101 cm³/mol. The third-order valence-corrected chi connectivity index (χ3v) is 4.56. The molecule has 0 radical (unpaired) electrons. The van der Waals surface area contributed by atoms with Crippen LogP contribution in [-0.4, -0.2) is 76.2 Å². The molecular weight excluding hydrogens is 409 g/mol. The highest BCUT2D eigenvalue weighted by Crippen LogP contribution is 2.28. The summed E-state index contributed by atoms with van der Waals surface area (Å²) in [5, 5.41) is 3.40. The Hall–Kier alpha value is -0.120. The van der Waals surface area contributed by atoms with Gasteiger partial charge in [-0.3, -0.25) is 4.99 Å². The van der Waals surface area contributed by atoms with E-state index in [0.29, 0.717) is 0 Å². The number of nitrogens with zero attached hydrogens (tertiary/aromatic N) is 2. The van der Waals surface area contributed by atoms with Crippen molar-refractivity contribution in [3.63, 3.8) is 0 Å². The molecule has 0 aromatic heterocycles. The molecule has 2 saturated heterocycles. The van der Waals surface area contributed by atoms with Gasteiger partial charge in [-0.25, -0.2) is 0 Å². The van der Waals surface area contributed by atoms with E-state index in [1.807, 2.05) is 7.05 Å². The number of rotatable bonds is 6.